The second-order valence-electron chi connectivity index (χ2n) is 6.05. The second-order valence-corrected chi connectivity index (χ2v) is 6.05. The van der Waals surface area contributed by atoms with Crippen molar-refractivity contribution in [3.63, 3.8) is 0 Å². The molecule has 4 heteroatoms. The zero-order valence-electron chi connectivity index (χ0n) is 13.3. The minimum atomic E-state index is 0.309. The van der Waals surface area contributed by atoms with E-state index >= 15 is 0 Å². The number of phenolic OH excluding ortho intramolecular Hbond substituents is 1. The SMILES string of the molecule is Cc1nc(Cc2ccccc2O)nc(C)c1C1CCNCC1. The van der Waals surface area contributed by atoms with Crippen LogP contribution in [0.15, 0.2) is 24.3 Å². The molecule has 2 aromatic rings. The third-order valence-electron chi connectivity index (χ3n) is 4.46. The fourth-order valence-electron chi connectivity index (χ4n) is 3.41. The molecule has 0 unspecified atom stereocenters. The van der Waals surface area contributed by atoms with E-state index in [4.69, 9.17) is 9.97 Å². The van der Waals surface area contributed by atoms with Crippen molar-refractivity contribution in [2.75, 3.05) is 13.1 Å². The van der Waals surface area contributed by atoms with Gasteiger partial charge in [0.15, 0.2) is 0 Å². The number of para-hydroxylation sites is 1. The monoisotopic (exact) mass is 297 g/mol. The highest BCUT2D eigenvalue weighted by molar-refractivity contribution is 5.35. The minimum absolute atomic E-state index is 0.309. The molecule has 0 aliphatic carbocycles. The van der Waals surface area contributed by atoms with Crippen LogP contribution in [0.1, 0.15) is 47.1 Å². The molecular weight excluding hydrogens is 274 g/mol. The van der Waals surface area contributed by atoms with E-state index in [0.717, 1.165) is 48.7 Å². The first kappa shape index (κ1) is 15.0. The molecule has 0 atom stereocenters. The molecule has 3 rings (SSSR count). The lowest BCUT2D eigenvalue weighted by molar-refractivity contribution is 0.454. The van der Waals surface area contributed by atoms with Gasteiger partial charge in [-0.05, 0) is 57.3 Å². The van der Waals surface area contributed by atoms with Gasteiger partial charge < -0.3 is 10.4 Å². The van der Waals surface area contributed by atoms with Gasteiger partial charge in [-0.1, -0.05) is 18.2 Å². The van der Waals surface area contributed by atoms with E-state index < -0.39 is 0 Å². The molecule has 0 radical (unpaired) electrons. The van der Waals surface area contributed by atoms with Crippen LogP contribution in [0.5, 0.6) is 5.75 Å². The van der Waals surface area contributed by atoms with Gasteiger partial charge in [-0.25, -0.2) is 9.97 Å². The van der Waals surface area contributed by atoms with Gasteiger partial charge in [0.05, 0.1) is 0 Å². The minimum Gasteiger partial charge on any atom is -0.508 e. The second kappa shape index (κ2) is 6.44. The van der Waals surface area contributed by atoms with E-state index in [9.17, 15) is 5.11 Å². The Morgan fingerprint density at radius 2 is 1.73 bits per heavy atom. The average Bonchev–Trinajstić information content (AvgIpc) is 2.50. The maximum Gasteiger partial charge on any atom is 0.133 e. The predicted octanol–water partition coefficient (Wildman–Crippen LogP) is 2.86. The van der Waals surface area contributed by atoms with Gasteiger partial charge in [0.1, 0.15) is 11.6 Å². The molecule has 2 N–H and O–H groups in total. The van der Waals surface area contributed by atoms with Crippen LogP contribution in [0.4, 0.5) is 0 Å². The number of nitrogens with one attached hydrogen (secondary N) is 1. The molecule has 1 aliphatic heterocycles. The first-order valence-corrected chi connectivity index (χ1v) is 7.96. The number of benzene rings is 1. The first-order chi connectivity index (χ1) is 10.6. The standard InChI is InChI=1S/C18H23N3O/c1-12-18(14-7-9-19-10-8-14)13(2)21-17(20-12)11-15-5-3-4-6-16(15)22/h3-6,14,19,22H,7-11H2,1-2H3. The number of rotatable bonds is 3. The summed E-state index contributed by atoms with van der Waals surface area (Å²) in [7, 11) is 0. The van der Waals surface area contributed by atoms with Crippen LogP contribution in [-0.4, -0.2) is 28.2 Å². The van der Waals surface area contributed by atoms with Gasteiger partial charge in [0.2, 0.25) is 0 Å². The van der Waals surface area contributed by atoms with Gasteiger partial charge in [-0.15, -0.1) is 0 Å². The van der Waals surface area contributed by atoms with Crippen LogP contribution in [0.3, 0.4) is 0 Å². The number of aromatic hydroxyl groups is 1. The molecule has 22 heavy (non-hydrogen) atoms. The van der Waals surface area contributed by atoms with Gasteiger partial charge >= 0.3 is 0 Å². The summed E-state index contributed by atoms with van der Waals surface area (Å²) >= 11 is 0. The van der Waals surface area contributed by atoms with Crippen molar-refractivity contribution >= 4 is 0 Å². The summed E-state index contributed by atoms with van der Waals surface area (Å²) in [5.74, 6) is 1.67. The molecule has 1 fully saturated rings. The van der Waals surface area contributed by atoms with E-state index in [2.05, 4.69) is 19.2 Å². The van der Waals surface area contributed by atoms with Crippen molar-refractivity contribution in [3.05, 3.63) is 52.6 Å². The van der Waals surface area contributed by atoms with Crippen LogP contribution in [0.2, 0.25) is 0 Å². The van der Waals surface area contributed by atoms with Crippen LogP contribution in [0.25, 0.3) is 0 Å². The van der Waals surface area contributed by atoms with Crippen LogP contribution < -0.4 is 5.32 Å². The topological polar surface area (TPSA) is 58.0 Å². The lowest BCUT2D eigenvalue weighted by atomic mass is 9.88. The highest BCUT2D eigenvalue weighted by Gasteiger charge is 2.21. The summed E-state index contributed by atoms with van der Waals surface area (Å²) in [6, 6.07) is 7.39. The Morgan fingerprint density at radius 3 is 2.36 bits per heavy atom. The molecule has 1 saturated heterocycles. The molecule has 2 heterocycles. The van der Waals surface area contributed by atoms with Gasteiger partial charge in [0.25, 0.3) is 0 Å². The largest absolute Gasteiger partial charge is 0.508 e. The van der Waals surface area contributed by atoms with Crippen molar-refractivity contribution in [3.8, 4) is 5.75 Å². The number of nitrogens with zero attached hydrogens (tertiary/aromatic N) is 2. The van der Waals surface area contributed by atoms with Crippen LogP contribution in [0, 0.1) is 13.8 Å². The third-order valence-corrected chi connectivity index (χ3v) is 4.46. The lowest BCUT2D eigenvalue weighted by Gasteiger charge is -2.25. The summed E-state index contributed by atoms with van der Waals surface area (Å²) in [5.41, 5.74) is 4.37. The molecule has 0 spiro atoms. The maximum atomic E-state index is 9.91. The fraction of sp³-hybridized carbons (Fsp3) is 0.444. The smallest absolute Gasteiger partial charge is 0.133 e. The number of aromatic nitrogens is 2. The van der Waals surface area contributed by atoms with Crippen LogP contribution >= 0.6 is 0 Å². The first-order valence-electron chi connectivity index (χ1n) is 7.96. The molecular formula is C18H23N3O. The normalized spacial score (nSPS) is 15.9. The Labute approximate surface area is 131 Å². The molecule has 0 bridgehead atoms. The highest BCUT2D eigenvalue weighted by atomic mass is 16.3. The number of piperidine rings is 1. The quantitative estimate of drug-likeness (QED) is 0.914. The molecule has 0 saturated carbocycles. The highest BCUT2D eigenvalue weighted by Crippen LogP contribution is 2.29. The Hall–Kier alpha value is -1.94. The number of hydrogen-bond acceptors (Lipinski definition) is 4. The van der Waals surface area contributed by atoms with Gasteiger partial charge in [0, 0.05) is 23.4 Å². The summed E-state index contributed by atoms with van der Waals surface area (Å²) in [5, 5.41) is 13.3. The molecule has 116 valence electrons. The fourth-order valence-corrected chi connectivity index (χ4v) is 3.41. The van der Waals surface area contributed by atoms with E-state index in [1.54, 1.807) is 6.07 Å². The number of aryl methyl sites for hydroxylation is 2. The van der Waals surface area contributed by atoms with E-state index in [0.29, 0.717) is 18.1 Å². The van der Waals surface area contributed by atoms with E-state index in [-0.39, 0.29) is 0 Å². The van der Waals surface area contributed by atoms with Crippen molar-refractivity contribution in [2.45, 2.75) is 39.0 Å². The number of phenols is 1. The zero-order valence-corrected chi connectivity index (χ0v) is 13.3. The molecule has 1 aromatic heterocycles. The third kappa shape index (κ3) is 3.12. The molecule has 1 aliphatic rings. The van der Waals surface area contributed by atoms with Gasteiger partial charge in [-0.2, -0.15) is 0 Å². The summed E-state index contributed by atoms with van der Waals surface area (Å²) in [6.45, 7) is 6.31. The van der Waals surface area contributed by atoms with Gasteiger partial charge in [-0.3, -0.25) is 0 Å². The van der Waals surface area contributed by atoms with E-state index in [1.165, 1.54) is 5.56 Å². The van der Waals surface area contributed by atoms with Crippen LogP contribution in [-0.2, 0) is 6.42 Å². The summed E-state index contributed by atoms with van der Waals surface area (Å²) < 4.78 is 0. The molecule has 0 amide bonds. The van der Waals surface area contributed by atoms with Crippen molar-refractivity contribution in [1.82, 2.24) is 15.3 Å². The van der Waals surface area contributed by atoms with Crippen molar-refractivity contribution in [1.29, 1.82) is 0 Å². The Morgan fingerprint density at radius 1 is 1.09 bits per heavy atom. The van der Waals surface area contributed by atoms with Crippen molar-refractivity contribution < 1.29 is 5.11 Å². The Kier molecular flexibility index (Phi) is 4.39. The Balaban J connectivity index is 1.87. The number of hydrogen-bond donors (Lipinski definition) is 2. The summed E-state index contributed by atoms with van der Waals surface area (Å²) in [6.07, 6.45) is 2.88. The maximum absolute atomic E-state index is 9.91. The Bertz CT molecular complexity index is 640. The molecule has 4 nitrogen and oxygen atoms in total. The molecule has 1 aromatic carbocycles. The lowest BCUT2D eigenvalue weighted by Crippen LogP contribution is -2.27. The summed E-state index contributed by atoms with van der Waals surface area (Å²) in [4.78, 5) is 9.41. The predicted molar refractivity (Wildman–Crippen MR) is 87.3 cm³/mol. The average molecular weight is 297 g/mol. The zero-order chi connectivity index (χ0) is 15.5. The van der Waals surface area contributed by atoms with E-state index in [1.807, 2.05) is 18.2 Å². The van der Waals surface area contributed by atoms with Crippen molar-refractivity contribution in [2.24, 2.45) is 0 Å².